The van der Waals surface area contributed by atoms with E-state index in [-0.39, 0.29) is 12.1 Å². The van der Waals surface area contributed by atoms with E-state index in [0.29, 0.717) is 0 Å². The molecule has 1 aromatic rings. The van der Waals surface area contributed by atoms with Crippen LogP contribution in [0.5, 0.6) is 0 Å². The van der Waals surface area contributed by atoms with Crippen LogP contribution in [0.4, 0.5) is 0 Å². The number of nitrogens with zero attached hydrogens (tertiary/aromatic N) is 2. The van der Waals surface area contributed by atoms with Crippen LogP contribution in [0.1, 0.15) is 11.8 Å². The van der Waals surface area contributed by atoms with Crippen LogP contribution in [0.25, 0.3) is 0 Å². The molecule has 0 bridgehead atoms. The van der Waals surface area contributed by atoms with Gasteiger partial charge in [-0.15, -0.1) is 11.3 Å². The molecule has 3 N–H and O–H groups in total. The van der Waals surface area contributed by atoms with Crippen LogP contribution in [0.15, 0.2) is 11.7 Å². The number of hydrogen-bond donors (Lipinski definition) is 2. The summed E-state index contributed by atoms with van der Waals surface area (Å²) in [6.07, 6.45) is 2.94. The van der Waals surface area contributed by atoms with Crippen LogP contribution in [-0.4, -0.2) is 48.3 Å². The number of nitrogens with two attached hydrogens (primary N) is 1. The minimum Gasteiger partial charge on any atom is -0.374 e. The Kier molecular flexibility index (Phi) is 4.87. The molecule has 0 saturated carbocycles. The molecule has 17 heavy (non-hydrogen) atoms. The molecule has 6 heteroatoms. The molecule has 1 aromatic heterocycles. The Morgan fingerprint density at radius 1 is 1.76 bits per heavy atom. The van der Waals surface area contributed by atoms with Crippen LogP contribution in [0.2, 0.25) is 0 Å². The Morgan fingerprint density at radius 3 is 3.29 bits per heavy atom. The first-order valence-electron chi connectivity index (χ1n) is 6.01. The maximum absolute atomic E-state index is 5.81. The van der Waals surface area contributed by atoms with Gasteiger partial charge in [0, 0.05) is 30.6 Å². The van der Waals surface area contributed by atoms with Crippen molar-refractivity contribution in [2.24, 2.45) is 5.84 Å². The molecule has 1 saturated heterocycles. The van der Waals surface area contributed by atoms with Crippen LogP contribution >= 0.6 is 11.3 Å². The summed E-state index contributed by atoms with van der Waals surface area (Å²) in [6, 6.07) is 0.157. The van der Waals surface area contributed by atoms with Gasteiger partial charge in [0.15, 0.2) is 0 Å². The first kappa shape index (κ1) is 12.9. The van der Waals surface area contributed by atoms with Crippen molar-refractivity contribution in [2.45, 2.75) is 25.5 Å². The zero-order valence-corrected chi connectivity index (χ0v) is 10.9. The number of hydrogen-bond acceptors (Lipinski definition) is 6. The van der Waals surface area contributed by atoms with Crippen molar-refractivity contribution < 1.29 is 4.74 Å². The Hall–Kier alpha value is -0.530. The number of aromatic nitrogens is 1. The normalized spacial score (nSPS) is 23.8. The molecule has 0 amide bonds. The lowest BCUT2D eigenvalue weighted by molar-refractivity contribution is -0.0446. The molecule has 1 aliphatic heterocycles. The van der Waals surface area contributed by atoms with Gasteiger partial charge in [-0.1, -0.05) is 6.92 Å². The van der Waals surface area contributed by atoms with Crippen molar-refractivity contribution in [3.63, 3.8) is 0 Å². The highest BCUT2D eigenvalue weighted by atomic mass is 32.1. The summed E-state index contributed by atoms with van der Waals surface area (Å²) < 4.78 is 5.81. The minimum absolute atomic E-state index is 0.157. The molecule has 0 spiro atoms. The second-order valence-electron chi connectivity index (χ2n) is 4.25. The van der Waals surface area contributed by atoms with Gasteiger partial charge in [0.05, 0.1) is 24.3 Å². The molecule has 1 aliphatic rings. The number of rotatable bonds is 5. The number of likely N-dealkylation sites (N-methyl/N-ethyl adjacent to an activating group) is 1. The molecule has 2 rings (SSSR count). The standard InChI is InChI=1S/C11H20N4OS/c1-2-15-3-4-16-11(7-15)10(14-12)5-9-6-13-8-17-9/h6,8,10-11,14H,2-5,7,12H2,1H3. The molecule has 1 fully saturated rings. The molecule has 2 unspecified atom stereocenters. The molecule has 0 aliphatic carbocycles. The minimum atomic E-state index is 0.157. The highest BCUT2D eigenvalue weighted by Crippen LogP contribution is 2.15. The number of hydrazine groups is 1. The quantitative estimate of drug-likeness (QED) is 0.583. The van der Waals surface area contributed by atoms with E-state index in [4.69, 9.17) is 10.6 Å². The summed E-state index contributed by atoms with van der Waals surface area (Å²) in [7, 11) is 0. The average molecular weight is 256 g/mol. The summed E-state index contributed by atoms with van der Waals surface area (Å²) in [4.78, 5) is 7.72. The smallest absolute Gasteiger partial charge is 0.0872 e. The molecule has 5 nitrogen and oxygen atoms in total. The van der Waals surface area contributed by atoms with Crippen molar-refractivity contribution in [1.29, 1.82) is 0 Å². The predicted octanol–water partition coefficient (Wildman–Crippen LogP) is 0.238. The highest BCUT2D eigenvalue weighted by molar-refractivity contribution is 7.09. The molecule has 0 radical (unpaired) electrons. The topological polar surface area (TPSA) is 63.4 Å². The molecule has 0 aromatic carbocycles. The summed E-state index contributed by atoms with van der Waals surface area (Å²) in [5.41, 5.74) is 4.73. The summed E-state index contributed by atoms with van der Waals surface area (Å²) in [5.74, 6) is 5.64. The van der Waals surface area contributed by atoms with E-state index in [2.05, 4.69) is 22.2 Å². The number of nitrogens with one attached hydrogen (secondary N) is 1. The first-order chi connectivity index (χ1) is 8.33. The number of ether oxygens (including phenoxy) is 1. The van der Waals surface area contributed by atoms with Gasteiger partial charge < -0.3 is 4.74 Å². The monoisotopic (exact) mass is 256 g/mol. The van der Waals surface area contributed by atoms with Gasteiger partial charge in [0.1, 0.15) is 0 Å². The Bertz CT molecular complexity index is 319. The van der Waals surface area contributed by atoms with Gasteiger partial charge >= 0.3 is 0 Å². The van der Waals surface area contributed by atoms with E-state index in [1.54, 1.807) is 11.3 Å². The third-order valence-electron chi connectivity index (χ3n) is 3.19. The fourth-order valence-electron chi connectivity index (χ4n) is 2.12. The predicted molar refractivity (Wildman–Crippen MR) is 68.8 cm³/mol. The summed E-state index contributed by atoms with van der Waals surface area (Å²) >= 11 is 1.66. The zero-order valence-electron chi connectivity index (χ0n) is 10.1. The van der Waals surface area contributed by atoms with Crippen molar-refractivity contribution in [3.05, 3.63) is 16.6 Å². The molecular weight excluding hydrogens is 236 g/mol. The van der Waals surface area contributed by atoms with Gasteiger partial charge in [-0.25, -0.2) is 0 Å². The maximum Gasteiger partial charge on any atom is 0.0872 e. The van der Waals surface area contributed by atoms with Crippen LogP contribution in [0.3, 0.4) is 0 Å². The van der Waals surface area contributed by atoms with E-state index in [0.717, 1.165) is 32.7 Å². The van der Waals surface area contributed by atoms with E-state index < -0.39 is 0 Å². The van der Waals surface area contributed by atoms with Crippen molar-refractivity contribution >= 4 is 11.3 Å². The largest absolute Gasteiger partial charge is 0.374 e. The fourth-order valence-corrected chi connectivity index (χ4v) is 2.77. The van der Waals surface area contributed by atoms with Gasteiger partial charge in [0.25, 0.3) is 0 Å². The van der Waals surface area contributed by atoms with E-state index in [1.807, 2.05) is 11.7 Å². The highest BCUT2D eigenvalue weighted by Gasteiger charge is 2.27. The Balaban J connectivity index is 1.93. The third-order valence-corrected chi connectivity index (χ3v) is 3.99. The van der Waals surface area contributed by atoms with Crippen molar-refractivity contribution in [1.82, 2.24) is 15.3 Å². The lowest BCUT2D eigenvalue weighted by Crippen LogP contribution is -2.54. The van der Waals surface area contributed by atoms with Gasteiger partial charge in [-0.2, -0.15) is 0 Å². The molecule has 2 heterocycles. The van der Waals surface area contributed by atoms with E-state index in [9.17, 15) is 0 Å². The average Bonchev–Trinajstić information content (AvgIpc) is 2.89. The second kappa shape index (κ2) is 6.42. The number of thiazole rings is 1. The maximum atomic E-state index is 5.81. The van der Waals surface area contributed by atoms with Gasteiger partial charge in [-0.3, -0.25) is 21.2 Å². The van der Waals surface area contributed by atoms with Gasteiger partial charge in [0.2, 0.25) is 0 Å². The Labute approximate surface area is 106 Å². The Morgan fingerprint density at radius 2 is 2.65 bits per heavy atom. The second-order valence-corrected chi connectivity index (χ2v) is 5.22. The SMILES string of the molecule is CCN1CCOC(C(Cc2cncs2)NN)C1. The lowest BCUT2D eigenvalue weighted by Gasteiger charge is -2.36. The molecule has 96 valence electrons. The van der Waals surface area contributed by atoms with E-state index >= 15 is 0 Å². The summed E-state index contributed by atoms with van der Waals surface area (Å²) in [6.45, 7) is 6.00. The van der Waals surface area contributed by atoms with Crippen molar-refractivity contribution in [2.75, 3.05) is 26.2 Å². The number of morpholine rings is 1. The fraction of sp³-hybridized carbons (Fsp3) is 0.727. The lowest BCUT2D eigenvalue weighted by atomic mass is 10.1. The molecule has 2 atom stereocenters. The summed E-state index contributed by atoms with van der Waals surface area (Å²) in [5, 5.41) is 0. The van der Waals surface area contributed by atoms with Crippen LogP contribution in [0, 0.1) is 0 Å². The van der Waals surface area contributed by atoms with Crippen molar-refractivity contribution in [3.8, 4) is 0 Å². The van der Waals surface area contributed by atoms with Crippen LogP contribution in [-0.2, 0) is 11.2 Å². The van der Waals surface area contributed by atoms with Gasteiger partial charge in [-0.05, 0) is 6.54 Å². The zero-order chi connectivity index (χ0) is 12.1. The third kappa shape index (κ3) is 3.46. The first-order valence-corrected chi connectivity index (χ1v) is 6.89. The van der Waals surface area contributed by atoms with E-state index in [1.165, 1.54) is 4.88 Å². The molecular formula is C11H20N4OS. The van der Waals surface area contributed by atoms with Crippen LogP contribution < -0.4 is 11.3 Å².